The molecule has 3 aromatic carbocycles. The summed E-state index contributed by atoms with van der Waals surface area (Å²) in [6.45, 7) is 0.839. The lowest BCUT2D eigenvalue weighted by atomic mass is 9.97. The van der Waals surface area contributed by atoms with Gasteiger partial charge in [-0.2, -0.15) is 23.5 Å². The van der Waals surface area contributed by atoms with Crippen LogP contribution < -0.4 is 16.4 Å². The number of rotatable bonds is 10. The van der Waals surface area contributed by atoms with E-state index in [0.717, 1.165) is 16.7 Å². The van der Waals surface area contributed by atoms with Gasteiger partial charge in [0.2, 0.25) is 0 Å². The summed E-state index contributed by atoms with van der Waals surface area (Å²) in [6.07, 6.45) is -1.44. The van der Waals surface area contributed by atoms with Gasteiger partial charge in [0.25, 0.3) is 5.91 Å². The summed E-state index contributed by atoms with van der Waals surface area (Å²) in [4.78, 5) is 13.4. The van der Waals surface area contributed by atoms with Crippen molar-refractivity contribution in [2.45, 2.75) is 38.0 Å². The minimum Gasteiger partial charge on any atom is -0.326 e. The Morgan fingerprint density at radius 2 is 1.81 bits per heavy atom. The molecule has 1 saturated carbocycles. The Hall–Kier alpha value is -4.53. The van der Waals surface area contributed by atoms with Gasteiger partial charge in [0.05, 0.1) is 29.0 Å². The first kappa shape index (κ1) is 29.0. The van der Waals surface area contributed by atoms with E-state index in [-0.39, 0.29) is 24.0 Å². The Bertz CT molecular complexity index is 1620. The first-order valence-corrected chi connectivity index (χ1v) is 13.5. The van der Waals surface area contributed by atoms with E-state index in [9.17, 15) is 23.2 Å². The molecule has 0 spiro atoms. The zero-order valence-electron chi connectivity index (χ0n) is 22.5. The quantitative estimate of drug-likeness (QED) is 0.198. The number of nitriles is 1. The molecule has 0 bridgehead atoms. The standard InChI is InChI=1S/C31H28F4N6O/c32-25-11-10-23(29(38-13-12-19-4-5-19)22-8-6-20(17-36)7-9-22)15-26(25)39-30(42)27-16-28(31(33,34)35)40-41(27)24-3-1-2-21(14-24)18-37/h1-3,6-11,14-16,19,29,38H,4-5,12-13,18,37H2,(H,39,42). The lowest BCUT2D eigenvalue weighted by Gasteiger charge is -2.21. The van der Waals surface area contributed by atoms with Gasteiger partial charge in [-0.1, -0.05) is 43.2 Å². The maximum Gasteiger partial charge on any atom is 0.435 e. The van der Waals surface area contributed by atoms with Crippen molar-refractivity contribution < 1.29 is 22.4 Å². The van der Waals surface area contributed by atoms with E-state index in [4.69, 9.17) is 5.73 Å². The average Bonchev–Trinajstić information content (AvgIpc) is 3.69. The van der Waals surface area contributed by atoms with Gasteiger partial charge in [-0.3, -0.25) is 4.79 Å². The summed E-state index contributed by atoms with van der Waals surface area (Å²) in [7, 11) is 0. The van der Waals surface area contributed by atoms with Crippen LogP contribution in [0.4, 0.5) is 23.2 Å². The van der Waals surface area contributed by atoms with E-state index >= 15 is 4.39 Å². The SMILES string of the molecule is N#Cc1ccc(C(NCCC2CC2)c2ccc(F)c(NC(=O)c3cc(C(F)(F)F)nn3-c3cccc(CN)c3)c2)cc1. The number of benzene rings is 3. The molecule has 0 saturated heterocycles. The van der Waals surface area contributed by atoms with Gasteiger partial charge in [-0.25, -0.2) is 9.07 Å². The molecule has 0 aliphatic heterocycles. The number of alkyl halides is 3. The van der Waals surface area contributed by atoms with Crippen LogP contribution in [0.5, 0.6) is 0 Å². The highest BCUT2D eigenvalue weighted by Crippen LogP contribution is 2.33. The molecule has 42 heavy (non-hydrogen) atoms. The molecule has 5 rings (SSSR count). The molecule has 1 unspecified atom stereocenters. The maximum atomic E-state index is 15.0. The molecule has 4 N–H and O–H groups in total. The predicted octanol–water partition coefficient (Wildman–Crippen LogP) is 6.09. The molecule has 11 heteroatoms. The number of anilines is 1. The van der Waals surface area contributed by atoms with Crippen molar-refractivity contribution >= 4 is 11.6 Å². The highest BCUT2D eigenvalue weighted by Gasteiger charge is 2.36. The van der Waals surface area contributed by atoms with Crippen molar-refractivity contribution in [2.75, 3.05) is 11.9 Å². The number of aromatic nitrogens is 2. The zero-order valence-corrected chi connectivity index (χ0v) is 22.5. The van der Waals surface area contributed by atoms with Crippen LogP contribution in [-0.4, -0.2) is 22.2 Å². The molecule has 1 amide bonds. The van der Waals surface area contributed by atoms with E-state index in [0.29, 0.717) is 35.2 Å². The number of halogens is 4. The van der Waals surface area contributed by atoms with E-state index < -0.39 is 29.3 Å². The summed E-state index contributed by atoms with van der Waals surface area (Å²) in [5, 5.41) is 18.7. The third-order valence-electron chi connectivity index (χ3n) is 7.17. The largest absolute Gasteiger partial charge is 0.435 e. The van der Waals surface area contributed by atoms with Crippen molar-refractivity contribution in [1.29, 1.82) is 5.26 Å². The second kappa shape index (κ2) is 12.1. The third kappa shape index (κ3) is 6.67. The first-order chi connectivity index (χ1) is 20.2. The van der Waals surface area contributed by atoms with Crippen LogP contribution in [-0.2, 0) is 12.7 Å². The van der Waals surface area contributed by atoms with Gasteiger partial charge in [0, 0.05) is 12.6 Å². The summed E-state index contributed by atoms with van der Waals surface area (Å²) in [5.74, 6) is -1.04. The van der Waals surface area contributed by atoms with Gasteiger partial charge < -0.3 is 16.4 Å². The number of carbonyl (C=O) groups excluding carboxylic acids is 1. The molecule has 216 valence electrons. The fourth-order valence-electron chi connectivity index (χ4n) is 4.71. The molecule has 0 radical (unpaired) electrons. The topological polar surface area (TPSA) is 109 Å². The zero-order chi connectivity index (χ0) is 29.9. The third-order valence-corrected chi connectivity index (χ3v) is 7.17. The molecule has 1 aliphatic rings. The summed E-state index contributed by atoms with van der Waals surface area (Å²) in [5.41, 5.74) is 6.59. The van der Waals surface area contributed by atoms with Crippen LogP contribution in [0.1, 0.15) is 63.7 Å². The lowest BCUT2D eigenvalue weighted by molar-refractivity contribution is -0.141. The molecule has 7 nitrogen and oxygen atoms in total. The minimum absolute atomic E-state index is 0.135. The molecule has 1 aromatic heterocycles. The van der Waals surface area contributed by atoms with Crippen molar-refractivity contribution in [3.8, 4) is 11.8 Å². The smallest absolute Gasteiger partial charge is 0.326 e. The average molecular weight is 577 g/mol. The van der Waals surface area contributed by atoms with Crippen LogP contribution in [0.15, 0.2) is 72.8 Å². The van der Waals surface area contributed by atoms with Crippen LogP contribution in [0.3, 0.4) is 0 Å². The van der Waals surface area contributed by atoms with E-state index in [1.54, 1.807) is 30.3 Å². The van der Waals surface area contributed by atoms with Gasteiger partial charge in [0.15, 0.2) is 5.69 Å². The second-order valence-corrected chi connectivity index (χ2v) is 10.2. The Balaban J connectivity index is 1.47. The first-order valence-electron chi connectivity index (χ1n) is 13.5. The molecule has 1 heterocycles. The van der Waals surface area contributed by atoms with Gasteiger partial charge in [-0.05, 0) is 72.0 Å². The Morgan fingerprint density at radius 3 is 2.48 bits per heavy atom. The monoisotopic (exact) mass is 576 g/mol. The van der Waals surface area contributed by atoms with Crippen LogP contribution in [0.25, 0.3) is 5.69 Å². The summed E-state index contributed by atoms with van der Waals surface area (Å²) >= 11 is 0. The molecule has 1 fully saturated rings. The number of nitrogens with zero attached hydrogens (tertiary/aromatic N) is 3. The van der Waals surface area contributed by atoms with Gasteiger partial charge >= 0.3 is 6.18 Å². The number of nitrogens with two attached hydrogens (primary N) is 1. The number of hydrogen-bond acceptors (Lipinski definition) is 5. The molecular weight excluding hydrogens is 548 g/mol. The summed E-state index contributed by atoms with van der Waals surface area (Å²) < 4.78 is 56.7. The number of carbonyl (C=O) groups is 1. The molecule has 1 aliphatic carbocycles. The van der Waals surface area contributed by atoms with E-state index in [2.05, 4.69) is 21.8 Å². The van der Waals surface area contributed by atoms with Crippen molar-refractivity contribution in [1.82, 2.24) is 15.1 Å². The summed E-state index contributed by atoms with van der Waals surface area (Å²) in [6, 6.07) is 19.9. The Morgan fingerprint density at radius 1 is 1.07 bits per heavy atom. The van der Waals surface area contributed by atoms with E-state index in [1.165, 1.54) is 37.1 Å². The van der Waals surface area contributed by atoms with Crippen LogP contribution in [0, 0.1) is 23.1 Å². The number of nitrogens with one attached hydrogen (secondary N) is 2. The van der Waals surface area contributed by atoms with Crippen molar-refractivity contribution in [2.24, 2.45) is 11.7 Å². The fraction of sp³-hybridized carbons (Fsp3) is 0.258. The maximum absolute atomic E-state index is 15.0. The molecule has 4 aromatic rings. The highest BCUT2D eigenvalue weighted by molar-refractivity contribution is 6.03. The number of amides is 1. The van der Waals surface area contributed by atoms with Crippen molar-refractivity contribution in [3.05, 3.63) is 112 Å². The van der Waals surface area contributed by atoms with Crippen LogP contribution >= 0.6 is 0 Å². The van der Waals surface area contributed by atoms with Gasteiger partial charge in [-0.15, -0.1) is 0 Å². The minimum atomic E-state index is -4.81. The Kier molecular flexibility index (Phi) is 8.38. The molecule has 1 atom stereocenters. The van der Waals surface area contributed by atoms with E-state index in [1.807, 2.05) is 12.1 Å². The van der Waals surface area contributed by atoms with Crippen molar-refractivity contribution in [3.63, 3.8) is 0 Å². The Labute approximate surface area is 240 Å². The van der Waals surface area contributed by atoms with Crippen LogP contribution in [0.2, 0.25) is 0 Å². The fourth-order valence-corrected chi connectivity index (χ4v) is 4.71. The molecular formula is C31H28F4N6O. The second-order valence-electron chi connectivity index (χ2n) is 10.2. The van der Waals surface area contributed by atoms with Gasteiger partial charge in [0.1, 0.15) is 11.5 Å². The lowest BCUT2D eigenvalue weighted by Crippen LogP contribution is -2.24. The normalized spacial score (nSPS) is 13.9. The number of hydrogen-bond donors (Lipinski definition) is 3. The highest BCUT2D eigenvalue weighted by atomic mass is 19.4. The predicted molar refractivity (Wildman–Crippen MR) is 149 cm³/mol.